The van der Waals surface area contributed by atoms with Gasteiger partial charge < -0.3 is 9.73 Å². The molecule has 0 saturated carbocycles. The zero-order chi connectivity index (χ0) is 22.7. The highest BCUT2D eigenvalue weighted by Crippen LogP contribution is 2.29. The van der Waals surface area contributed by atoms with Crippen LogP contribution in [-0.2, 0) is 0 Å². The van der Waals surface area contributed by atoms with E-state index in [2.05, 4.69) is 57.5 Å². The second-order valence-electron chi connectivity index (χ2n) is 7.52. The second-order valence-corrected chi connectivity index (χ2v) is 8.79. The topological polar surface area (TPSA) is 67.2 Å². The van der Waals surface area contributed by atoms with Crippen LogP contribution >= 0.6 is 28.1 Å². The van der Waals surface area contributed by atoms with Crippen molar-refractivity contribution in [1.29, 1.82) is 0 Å². The van der Waals surface area contributed by atoms with Crippen LogP contribution < -0.4 is 10.6 Å². The Hall–Kier alpha value is -3.03. The lowest BCUT2D eigenvalue weighted by Gasteiger charge is -2.11. The van der Waals surface area contributed by atoms with Crippen molar-refractivity contribution in [3.05, 3.63) is 82.3 Å². The zero-order valence-electron chi connectivity index (χ0n) is 17.7. The fourth-order valence-electron chi connectivity index (χ4n) is 3.32. The molecule has 1 atom stereocenters. The number of benzene rings is 3. The number of nitrogens with one attached hydrogen (secondary N) is 2. The highest BCUT2D eigenvalue weighted by atomic mass is 79.9. The van der Waals surface area contributed by atoms with E-state index in [4.69, 9.17) is 16.6 Å². The molecule has 7 heteroatoms. The molecule has 4 aromatic rings. The molecule has 0 saturated heterocycles. The number of fused-ring (bicyclic) bond motifs is 1. The van der Waals surface area contributed by atoms with Gasteiger partial charge in [-0.2, -0.15) is 0 Å². The molecule has 0 bridgehead atoms. The van der Waals surface area contributed by atoms with E-state index in [1.54, 1.807) is 18.2 Å². The fourth-order valence-corrected chi connectivity index (χ4v) is 3.99. The third kappa shape index (κ3) is 4.89. The van der Waals surface area contributed by atoms with Gasteiger partial charge in [-0.15, -0.1) is 0 Å². The number of rotatable bonds is 5. The van der Waals surface area contributed by atoms with Gasteiger partial charge >= 0.3 is 0 Å². The van der Waals surface area contributed by atoms with Crippen molar-refractivity contribution in [2.75, 3.05) is 5.32 Å². The minimum Gasteiger partial charge on any atom is -0.436 e. The van der Waals surface area contributed by atoms with Gasteiger partial charge in [0.15, 0.2) is 10.7 Å². The SMILES string of the molecule is CC[C@@H](C)c1ccc2oc(-c3cccc(NC(=S)NC(=O)c4ccccc4Br)c3)nc2c1. The van der Waals surface area contributed by atoms with Crippen LogP contribution in [0.4, 0.5) is 5.69 Å². The van der Waals surface area contributed by atoms with Crippen molar-refractivity contribution in [3.8, 4) is 11.5 Å². The number of anilines is 1. The molecular formula is C25H22BrN3O2S. The zero-order valence-corrected chi connectivity index (χ0v) is 20.1. The van der Waals surface area contributed by atoms with Gasteiger partial charge in [-0.1, -0.05) is 38.1 Å². The molecule has 0 aliphatic rings. The van der Waals surface area contributed by atoms with Crippen molar-refractivity contribution in [1.82, 2.24) is 10.3 Å². The van der Waals surface area contributed by atoms with Gasteiger partial charge in [0.1, 0.15) is 5.52 Å². The summed E-state index contributed by atoms with van der Waals surface area (Å²) in [4.78, 5) is 17.1. The number of carbonyl (C=O) groups is 1. The van der Waals surface area contributed by atoms with Crippen molar-refractivity contribution >= 4 is 56.0 Å². The third-order valence-corrected chi connectivity index (χ3v) is 6.20. The molecule has 1 aromatic heterocycles. The maximum atomic E-state index is 12.5. The first kappa shape index (κ1) is 22.2. The first-order chi connectivity index (χ1) is 15.4. The summed E-state index contributed by atoms with van der Waals surface area (Å²) in [5, 5.41) is 5.96. The van der Waals surface area contributed by atoms with Crippen LogP contribution in [0.2, 0.25) is 0 Å². The van der Waals surface area contributed by atoms with E-state index >= 15 is 0 Å². The molecule has 0 radical (unpaired) electrons. The first-order valence-corrected chi connectivity index (χ1v) is 11.5. The van der Waals surface area contributed by atoms with Gasteiger partial charge in [0.2, 0.25) is 5.89 Å². The van der Waals surface area contributed by atoms with Crippen LogP contribution in [0.15, 0.2) is 75.6 Å². The predicted molar refractivity (Wildman–Crippen MR) is 136 cm³/mol. The van der Waals surface area contributed by atoms with E-state index in [9.17, 15) is 4.79 Å². The lowest BCUT2D eigenvalue weighted by Crippen LogP contribution is -2.34. The van der Waals surface area contributed by atoms with Crippen LogP contribution in [0.1, 0.15) is 42.1 Å². The number of hydrogen-bond donors (Lipinski definition) is 2. The monoisotopic (exact) mass is 507 g/mol. The summed E-state index contributed by atoms with van der Waals surface area (Å²) in [5.74, 6) is 0.718. The van der Waals surface area contributed by atoms with Crippen LogP contribution in [-0.4, -0.2) is 16.0 Å². The average molecular weight is 508 g/mol. The van der Waals surface area contributed by atoms with E-state index < -0.39 is 0 Å². The van der Waals surface area contributed by atoms with Crippen LogP contribution in [0.25, 0.3) is 22.6 Å². The average Bonchev–Trinajstić information content (AvgIpc) is 3.22. The van der Waals surface area contributed by atoms with Crippen molar-refractivity contribution in [2.24, 2.45) is 0 Å². The van der Waals surface area contributed by atoms with E-state index in [0.29, 0.717) is 21.8 Å². The summed E-state index contributed by atoms with van der Waals surface area (Å²) in [6, 6.07) is 20.9. The number of hydrogen-bond acceptors (Lipinski definition) is 4. The Morgan fingerprint density at radius 3 is 2.72 bits per heavy atom. The molecule has 5 nitrogen and oxygen atoms in total. The van der Waals surface area contributed by atoms with Crippen LogP contribution in [0, 0.1) is 0 Å². The Kier molecular flexibility index (Phi) is 6.67. The molecule has 3 aromatic carbocycles. The lowest BCUT2D eigenvalue weighted by atomic mass is 9.98. The maximum Gasteiger partial charge on any atom is 0.258 e. The van der Waals surface area contributed by atoms with E-state index in [-0.39, 0.29) is 11.0 Å². The summed E-state index contributed by atoms with van der Waals surface area (Å²) >= 11 is 8.70. The molecule has 4 rings (SSSR count). The number of halogens is 1. The number of oxazole rings is 1. The molecule has 1 heterocycles. The van der Waals surface area contributed by atoms with Gasteiger partial charge in [0, 0.05) is 15.7 Å². The van der Waals surface area contributed by atoms with Crippen LogP contribution in [0.5, 0.6) is 0 Å². The number of thiocarbonyl (C=S) groups is 1. The van der Waals surface area contributed by atoms with E-state index in [0.717, 1.165) is 28.8 Å². The van der Waals surface area contributed by atoms with Gasteiger partial charge in [0.05, 0.1) is 5.56 Å². The molecule has 0 fully saturated rings. The van der Waals surface area contributed by atoms with Gasteiger partial charge in [-0.05, 0) is 88.5 Å². The van der Waals surface area contributed by atoms with Crippen LogP contribution in [0.3, 0.4) is 0 Å². The lowest BCUT2D eigenvalue weighted by molar-refractivity contribution is 0.0977. The van der Waals surface area contributed by atoms with E-state index in [1.165, 1.54) is 5.56 Å². The molecule has 0 spiro atoms. The van der Waals surface area contributed by atoms with Crippen molar-refractivity contribution < 1.29 is 9.21 Å². The molecule has 162 valence electrons. The normalized spacial score (nSPS) is 11.8. The Morgan fingerprint density at radius 2 is 1.94 bits per heavy atom. The van der Waals surface area contributed by atoms with Gasteiger partial charge in [-0.3, -0.25) is 10.1 Å². The Labute approximate surface area is 200 Å². The van der Waals surface area contributed by atoms with Gasteiger partial charge in [-0.25, -0.2) is 4.98 Å². The third-order valence-electron chi connectivity index (χ3n) is 5.31. The summed E-state index contributed by atoms with van der Waals surface area (Å²) in [5.41, 5.74) is 4.89. The number of aromatic nitrogens is 1. The predicted octanol–water partition coefficient (Wildman–Crippen LogP) is 6.90. The highest BCUT2D eigenvalue weighted by Gasteiger charge is 2.13. The maximum absolute atomic E-state index is 12.5. The number of nitrogens with zero attached hydrogens (tertiary/aromatic N) is 1. The first-order valence-electron chi connectivity index (χ1n) is 10.3. The quantitative estimate of drug-likeness (QED) is 0.287. The molecule has 0 aliphatic carbocycles. The summed E-state index contributed by atoms with van der Waals surface area (Å²) in [6.07, 6.45) is 1.07. The van der Waals surface area contributed by atoms with Crippen molar-refractivity contribution in [3.63, 3.8) is 0 Å². The molecular weight excluding hydrogens is 486 g/mol. The second kappa shape index (κ2) is 9.63. The molecule has 1 amide bonds. The highest BCUT2D eigenvalue weighted by molar-refractivity contribution is 9.10. The summed E-state index contributed by atoms with van der Waals surface area (Å²) in [6.45, 7) is 4.38. The Balaban J connectivity index is 1.50. The molecule has 32 heavy (non-hydrogen) atoms. The Bertz CT molecular complexity index is 1300. The molecule has 2 N–H and O–H groups in total. The standard InChI is InChI=1S/C25H22BrN3O2S/c1-3-15(2)16-11-12-22-21(14-16)28-24(31-22)17-7-6-8-18(13-17)27-25(32)29-23(30)19-9-4-5-10-20(19)26/h4-15H,3H2,1-2H3,(H2,27,29,30,32)/t15-/m1/s1. The number of carbonyl (C=O) groups excluding carboxylic acids is 1. The Morgan fingerprint density at radius 1 is 1.12 bits per heavy atom. The summed E-state index contributed by atoms with van der Waals surface area (Å²) in [7, 11) is 0. The summed E-state index contributed by atoms with van der Waals surface area (Å²) < 4.78 is 6.67. The largest absolute Gasteiger partial charge is 0.436 e. The molecule has 0 unspecified atom stereocenters. The fraction of sp³-hybridized carbons (Fsp3) is 0.160. The van der Waals surface area contributed by atoms with E-state index in [1.807, 2.05) is 36.4 Å². The minimum atomic E-state index is -0.290. The smallest absolute Gasteiger partial charge is 0.258 e. The molecule has 0 aliphatic heterocycles. The van der Waals surface area contributed by atoms with Gasteiger partial charge in [0.25, 0.3) is 5.91 Å². The number of amides is 1. The van der Waals surface area contributed by atoms with Crippen molar-refractivity contribution in [2.45, 2.75) is 26.2 Å². The minimum absolute atomic E-state index is 0.207.